The summed E-state index contributed by atoms with van der Waals surface area (Å²) < 4.78 is 3.82. The summed E-state index contributed by atoms with van der Waals surface area (Å²) >= 11 is 0. The predicted octanol–water partition coefficient (Wildman–Crippen LogP) is 1.42. The number of rotatable bonds is 5. The van der Waals surface area contributed by atoms with Gasteiger partial charge in [-0.2, -0.15) is 5.10 Å². The molecule has 1 aliphatic carbocycles. The Hall–Kier alpha value is -1.95. The van der Waals surface area contributed by atoms with Crippen LogP contribution in [0.2, 0.25) is 0 Å². The van der Waals surface area contributed by atoms with E-state index in [1.54, 1.807) is 4.68 Å². The first-order valence-corrected chi connectivity index (χ1v) is 9.46. The molecule has 4 rings (SSSR count). The largest absolute Gasteiger partial charge is 0.338 e. The fourth-order valence-electron chi connectivity index (χ4n) is 4.11. The number of fused-ring (bicyclic) bond motifs is 1. The zero-order valence-corrected chi connectivity index (χ0v) is 15.0. The predicted molar refractivity (Wildman–Crippen MR) is 96.6 cm³/mol. The quantitative estimate of drug-likeness (QED) is 0.825. The lowest BCUT2D eigenvalue weighted by Crippen LogP contribution is -2.38. The molecule has 0 amide bonds. The molecule has 0 bridgehead atoms. The molecule has 25 heavy (non-hydrogen) atoms. The molecule has 0 aromatic carbocycles. The Morgan fingerprint density at radius 1 is 1.24 bits per heavy atom. The van der Waals surface area contributed by atoms with Crippen molar-refractivity contribution in [3.05, 3.63) is 45.9 Å². The average molecular weight is 341 g/mol. The minimum Gasteiger partial charge on any atom is -0.338 e. The lowest BCUT2D eigenvalue weighted by molar-refractivity contribution is 0.170. The van der Waals surface area contributed by atoms with E-state index in [2.05, 4.69) is 26.6 Å². The molecule has 2 aromatic rings. The van der Waals surface area contributed by atoms with Gasteiger partial charge in [-0.15, -0.1) is 0 Å². The maximum absolute atomic E-state index is 12.3. The van der Waals surface area contributed by atoms with Crippen LogP contribution >= 0.6 is 0 Å². The zero-order valence-electron chi connectivity index (χ0n) is 15.0. The van der Waals surface area contributed by atoms with E-state index in [-0.39, 0.29) is 5.56 Å². The van der Waals surface area contributed by atoms with E-state index in [4.69, 9.17) is 0 Å². The Balaban J connectivity index is 1.29. The summed E-state index contributed by atoms with van der Waals surface area (Å²) in [6.45, 7) is 4.09. The van der Waals surface area contributed by atoms with Crippen molar-refractivity contribution in [3.8, 4) is 0 Å². The Bertz CT molecular complexity index is 785. The average Bonchev–Trinajstić information content (AvgIpc) is 3.23. The van der Waals surface area contributed by atoms with Crippen LogP contribution in [0, 0.1) is 5.92 Å². The van der Waals surface area contributed by atoms with Gasteiger partial charge in [0.05, 0.1) is 12.0 Å². The smallest absolute Gasteiger partial charge is 0.267 e. The van der Waals surface area contributed by atoms with E-state index < -0.39 is 0 Å². The molecule has 0 saturated carbocycles. The van der Waals surface area contributed by atoms with Crippen molar-refractivity contribution < 1.29 is 0 Å². The van der Waals surface area contributed by atoms with Crippen LogP contribution in [0.3, 0.4) is 0 Å². The summed E-state index contributed by atoms with van der Waals surface area (Å²) in [6.07, 6.45) is 10.4. The summed E-state index contributed by atoms with van der Waals surface area (Å²) in [5.74, 6) is 0.567. The monoisotopic (exact) mass is 341 g/mol. The van der Waals surface area contributed by atoms with Crippen molar-refractivity contribution >= 4 is 0 Å². The van der Waals surface area contributed by atoms with Crippen molar-refractivity contribution in [1.82, 2.24) is 24.2 Å². The first-order chi connectivity index (χ1) is 12.2. The maximum atomic E-state index is 12.3. The highest BCUT2D eigenvalue weighted by Gasteiger charge is 2.21. The Kier molecular flexibility index (Phi) is 4.70. The Labute approximate surface area is 148 Å². The van der Waals surface area contributed by atoms with Gasteiger partial charge in [-0.1, -0.05) is 0 Å². The second-order valence-electron chi connectivity index (χ2n) is 7.52. The second kappa shape index (κ2) is 7.12. The first kappa shape index (κ1) is 16.5. The van der Waals surface area contributed by atoms with Crippen LogP contribution in [0.15, 0.2) is 23.4 Å². The van der Waals surface area contributed by atoms with E-state index in [9.17, 15) is 4.79 Å². The normalized spacial score (nSPS) is 18.6. The maximum Gasteiger partial charge on any atom is 0.267 e. The Morgan fingerprint density at radius 3 is 2.84 bits per heavy atom. The molecule has 134 valence electrons. The molecule has 1 fully saturated rings. The van der Waals surface area contributed by atoms with Crippen LogP contribution in [0.4, 0.5) is 0 Å². The van der Waals surface area contributed by atoms with Gasteiger partial charge in [0.2, 0.25) is 0 Å². The van der Waals surface area contributed by atoms with Gasteiger partial charge in [0.15, 0.2) is 0 Å². The van der Waals surface area contributed by atoms with E-state index in [0.717, 1.165) is 70.4 Å². The van der Waals surface area contributed by atoms with Crippen molar-refractivity contribution in [2.45, 2.75) is 45.1 Å². The van der Waals surface area contributed by atoms with Crippen LogP contribution < -0.4 is 5.56 Å². The molecular formula is C19H27N5O. The number of imidazole rings is 1. The molecule has 0 spiro atoms. The third kappa shape index (κ3) is 3.68. The summed E-state index contributed by atoms with van der Waals surface area (Å²) in [5, 5.41) is 4.63. The number of nitrogens with zero attached hydrogens (tertiary/aromatic N) is 5. The number of hydrogen-bond donors (Lipinski definition) is 0. The molecule has 0 N–H and O–H groups in total. The van der Waals surface area contributed by atoms with E-state index in [1.807, 2.05) is 18.6 Å². The van der Waals surface area contributed by atoms with Gasteiger partial charge in [0, 0.05) is 44.5 Å². The van der Waals surface area contributed by atoms with Crippen LogP contribution in [0.5, 0.6) is 0 Å². The van der Waals surface area contributed by atoms with Gasteiger partial charge in [-0.05, 0) is 56.7 Å². The second-order valence-corrected chi connectivity index (χ2v) is 7.52. The molecular weight excluding hydrogens is 314 g/mol. The molecule has 3 heterocycles. The van der Waals surface area contributed by atoms with Crippen molar-refractivity contribution in [3.63, 3.8) is 0 Å². The summed E-state index contributed by atoms with van der Waals surface area (Å²) in [7, 11) is 2.05. The highest BCUT2D eigenvalue weighted by Crippen LogP contribution is 2.20. The first-order valence-electron chi connectivity index (χ1n) is 9.46. The molecule has 6 nitrogen and oxygen atoms in total. The number of likely N-dealkylation sites (tertiary alicyclic amines) is 1. The Morgan fingerprint density at radius 2 is 2.08 bits per heavy atom. The molecule has 0 radical (unpaired) electrons. The number of aromatic nitrogens is 4. The standard InChI is InChI=1S/C19H27N5O/c1-22-14-20-12-17(22)7-10-23-8-5-15(6-9-23)13-24-19(25)11-16-3-2-4-18(16)21-24/h11-12,14-15H,2-10,13H2,1H3. The van der Waals surface area contributed by atoms with E-state index in [1.165, 1.54) is 11.3 Å². The highest BCUT2D eigenvalue weighted by molar-refractivity contribution is 5.22. The van der Waals surface area contributed by atoms with Gasteiger partial charge in [0.25, 0.3) is 5.56 Å². The third-order valence-electron chi connectivity index (χ3n) is 5.76. The van der Waals surface area contributed by atoms with Gasteiger partial charge >= 0.3 is 0 Å². The fraction of sp³-hybridized carbons (Fsp3) is 0.632. The molecule has 2 aromatic heterocycles. The number of aryl methyl sites for hydroxylation is 3. The summed E-state index contributed by atoms with van der Waals surface area (Å²) in [4.78, 5) is 19.0. The molecule has 1 aliphatic heterocycles. The molecule has 1 saturated heterocycles. The van der Waals surface area contributed by atoms with Gasteiger partial charge in [-0.25, -0.2) is 9.67 Å². The van der Waals surface area contributed by atoms with Crippen LogP contribution in [0.1, 0.15) is 36.2 Å². The van der Waals surface area contributed by atoms with Crippen molar-refractivity contribution in [1.29, 1.82) is 0 Å². The minimum atomic E-state index is 0.0827. The summed E-state index contributed by atoms with van der Waals surface area (Å²) in [5.41, 5.74) is 3.69. The van der Waals surface area contributed by atoms with Crippen LogP contribution in [0.25, 0.3) is 0 Å². The highest BCUT2D eigenvalue weighted by atomic mass is 16.1. The SMILES string of the molecule is Cn1cncc1CCN1CCC(Cn2nc3c(cc2=O)CCC3)CC1. The molecule has 6 heteroatoms. The van der Waals surface area contributed by atoms with E-state index in [0.29, 0.717) is 5.92 Å². The molecule has 0 atom stereocenters. The van der Waals surface area contributed by atoms with Crippen molar-refractivity contribution in [2.75, 3.05) is 19.6 Å². The van der Waals surface area contributed by atoms with Crippen LogP contribution in [-0.4, -0.2) is 43.9 Å². The fourth-order valence-corrected chi connectivity index (χ4v) is 4.11. The lowest BCUT2D eigenvalue weighted by atomic mass is 9.96. The zero-order chi connectivity index (χ0) is 17.2. The molecule has 2 aliphatic rings. The molecule has 0 unspecified atom stereocenters. The lowest BCUT2D eigenvalue weighted by Gasteiger charge is -2.32. The van der Waals surface area contributed by atoms with E-state index >= 15 is 0 Å². The topological polar surface area (TPSA) is 56.0 Å². The van der Waals surface area contributed by atoms with Crippen LogP contribution in [-0.2, 0) is 32.9 Å². The number of hydrogen-bond acceptors (Lipinski definition) is 4. The van der Waals surface area contributed by atoms with Crippen molar-refractivity contribution in [2.24, 2.45) is 13.0 Å². The summed E-state index contributed by atoms with van der Waals surface area (Å²) in [6, 6.07) is 1.82. The number of piperidine rings is 1. The van der Waals surface area contributed by atoms with Gasteiger partial charge < -0.3 is 9.47 Å². The third-order valence-corrected chi connectivity index (χ3v) is 5.76. The minimum absolute atomic E-state index is 0.0827. The van der Waals surface area contributed by atoms with Gasteiger partial charge in [-0.3, -0.25) is 4.79 Å². The van der Waals surface area contributed by atoms with Gasteiger partial charge in [0.1, 0.15) is 0 Å².